The number of aliphatic hydroxyl groups is 2. The number of fused-ring (bicyclic) bond motifs is 1. The largest absolute Gasteiger partial charge is 0.493 e. The minimum absolute atomic E-state index is 0.177. The molecular formula is C21H24N2O4. The summed E-state index contributed by atoms with van der Waals surface area (Å²) in [7, 11) is 0. The van der Waals surface area contributed by atoms with Crippen molar-refractivity contribution in [1.82, 2.24) is 10.3 Å². The Hall–Kier alpha value is -2.83. The highest BCUT2D eigenvalue weighted by Crippen LogP contribution is 2.29. The standard InChI is InChI=1S/C21H24N2O4/c1-2-27-19-5-3-4-18-20(19)16(11-23-18)6-7-22-21(26)17-9-14(12-24)8-15(10-17)13-25/h3-5,8-11,23-25H,2,6-7,12-13H2,1H3,(H,22,26). The molecule has 142 valence electrons. The van der Waals surface area contributed by atoms with Crippen LogP contribution in [0.5, 0.6) is 5.75 Å². The first-order valence-corrected chi connectivity index (χ1v) is 9.00. The predicted molar refractivity (Wildman–Crippen MR) is 104 cm³/mol. The number of amides is 1. The van der Waals surface area contributed by atoms with Crippen molar-refractivity contribution in [3.63, 3.8) is 0 Å². The molecule has 0 radical (unpaired) electrons. The second kappa shape index (κ2) is 8.70. The van der Waals surface area contributed by atoms with E-state index in [-0.39, 0.29) is 19.1 Å². The summed E-state index contributed by atoms with van der Waals surface area (Å²) in [4.78, 5) is 15.7. The van der Waals surface area contributed by atoms with Gasteiger partial charge in [-0.05, 0) is 54.3 Å². The molecule has 1 heterocycles. The first kappa shape index (κ1) is 18.9. The van der Waals surface area contributed by atoms with Gasteiger partial charge in [0.15, 0.2) is 0 Å². The number of nitrogens with one attached hydrogen (secondary N) is 2. The molecule has 0 aliphatic carbocycles. The van der Waals surface area contributed by atoms with Crippen LogP contribution in [-0.2, 0) is 19.6 Å². The average molecular weight is 368 g/mol. The molecule has 0 unspecified atom stereocenters. The zero-order chi connectivity index (χ0) is 19.2. The lowest BCUT2D eigenvalue weighted by molar-refractivity contribution is 0.0954. The van der Waals surface area contributed by atoms with Crippen LogP contribution in [-0.4, -0.2) is 34.3 Å². The van der Waals surface area contributed by atoms with Gasteiger partial charge in [-0.15, -0.1) is 0 Å². The summed E-state index contributed by atoms with van der Waals surface area (Å²) >= 11 is 0. The second-order valence-corrected chi connectivity index (χ2v) is 6.29. The van der Waals surface area contributed by atoms with E-state index in [4.69, 9.17) is 4.74 Å². The van der Waals surface area contributed by atoms with E-state index in [0.717, 1.165) is 22.2 Å². The van der Waals surface area contributed by atoms with Gasteiger partial charge in [-0.2, -0.15) is 0 Å². The van der Waals surface area contributed by atoms with Crippen molar-refractivity contribution in [3.05, 3.63) is 64.8 Å². The monoisotopic (exact) mass is 368 g/mol. The number of ether oxygens (including phenoxy) is 1. The minimum atomic E-state index is -0.232. The molecule has 0 aliphatic heterocycles. The Bertz CT molecular complexity index is 911. The van der Waals surface area contributed by atoms with E-state index in [1.807, 2.05) is 31.3 Å². The Kier molecular flexibility index (Phi) is 6.11. The minimum Gasteiger partial charge on any atom is -0.493 e. The third-order valence-corrected chi connectivity index (χ3v) is 4.41. The van der Waals surface area contributed by atoms with Crippen molar-refractivity contribution in [2.24, 2.45) is 0 Å². The number of rotatable bonds is 8. The van der Waals surface area contributed by atoms with Crippen LogP contribution in [0.3, 0.4) is 0 Å². The fourth-order valence-electron chi connectivity index (χ4n) is 3.18. The smallest absolute Gasteiger partial charge is 0.251 e. The van der Waals surface area contributed by atoms with Gasteiger partial charge in [0.05, 0.1) is 19.8 Å². The van der Waals surface area contributed by atoms with Gasteiger partial charge >= 0.3 is 0 Å². The van der Waals surface area contributed by atoms with Crippen molar-refractivity contribution in [1.29, 1.82) is 0 Å². The zero-order valence-electron chi connectivity index (χ0n) is 15.3. The molecule has 0 saturated carbocycles. The van der Waals surface area contributed by atoms with Gasteiger partial charge in [0.2, 0.25) is 0 Å². The van der Waals surface area contributed by atoms with E-state index < -0.39 is 0 Å². The van der Waals surface area contributed by atoms with Crippen molar-refractivity contribution >= 4 is 16.8 Å². The van der Waals surface area contributed by atoms with Gasteiger partial charge < -0.3 is 25.3 Å². The maximum absolute atomic E-state index is 12.4. The number of aliphatic hydroxyl groups excluding tert-OH is 2. The highest BCUT2D eigenvalue weighted by atomic mass is 16.5. The van der Waals surface area contributed by atoms with Crippen LogP contribution in [0, 0.1) is 0 Å². The van der Waals surface area contributed by atoms with E-state index in [0.29, 0.717) is 36.3 Å². The summed E-state index contributed by atoms with van der Waals surface area (Å²) in [6, 6.07) is 10.8. The van der Waals surface area contributed by atoms with Gasteiger partial charge in [0, 0.05) is 29.2 Å². The molecule has 6 heteroatoms. The zero-order valence-corrected chi connectivity index (χ0v) is 15.3. The maximum Gasteiger partial charge on any atom is 0.251 e. The molecule has 0 atom stereocenters. The van der Waals surface area contributed by atoms with Crippen LogP contribution in [0.1, 0.15) is 34.0 Å². The number of aromatic amines is 1. The lowest BCUT2D eigenvalue weighted by Gasteiger charge is -2.09. The molecule has 1 aromatic heterocycles. The first-order chi connectivity index (χ1) is 13.2. The first-order valence-electron chi connectivity index (χ1n) is 9.00. The van der Waals surface area contributed by atoms with E-state index in [2.05, 4.69) is 10.3 Å². The highest BCUT2D eigenvalue weighted by molar-refractivity contribution is 5.94. The third-order valence-electron chi connectivity index (χ3n) is 4.41. The molecule has 0 saturated heterocycles. The third kappa shape index (κ3) is 4.30. The Morgan fingerprint density at radius 2 is 1.89 bits per heavy atom. The lowest BCUT2D eigenvalue weighted by atomic mass is 10.1. The fraction of sp³-hybridized carbons (Fsp3) is 0.286. The van der Waals surface area contributed by atoms with Gasteiger partial charge in [0.1, 0.15) is 5.75 Å². The number of benzene rings is 2. The van der Waals surface area contributed by atoms with Gasteiger partial charge in [-0.1, -0.05) is 12.1 Å². The molecule has 6 nitrogen and oxygen atoms in total. The van der Waals surface area contributed by atoms with E-state index in [1.54, 1.807) is 18.2 Å². The van der Waals surface area contributed by atoms with Crippen molar-refractivity contribution in [2.45, 2.75) is 26.6 Å². The van der Waals surface area contributed by atoms with Crippen LogP contribution in [0.25, 0.3) is 10.9 Å². The Balaban J connectivity index is 1.70. The maximum atomic E-state index is 12.4. The van der Waals surface area contributed by atoms with E-state index in [1.165, 1.54) is 0 Å². The summed E-state index contributed by atoms with van der Waals surface area (Å²) < 4.78 is 5.71. The van der Waals surface area contributed by atoms with E-state index in [9.17, 15) is 15.0 Å². The molecule has 3 aromatic rings. The average Bonchev–Trinajstić information content (AvgIpc) is 3.11. The summed E-state index contributed by atoms with van der Waals surface area (Å²) in [6.45, 7) is 2.65. The highest BCUT2D eigenvalue weighted by Gasteiger charge is 2.11. The quantitative estimate of drug-likeness (QED) is 0.491. The molecule has 2 aromatic carbocycles. The fourth-order valence-corrected chi connectivity index (χ4v) is 3.18. The Morgan fingerprint density at radius 1 is 1.15 bits per heavy atom. The molecular weight excluding hydrogens is 344 g/mol. The second-order valence-electron chi connectivity index (χ2n) is 6.29. The number of hydrogen-bond donors (Lipinski definition) is 4. The normalized spacial score (nSPS) is 10.9. The van der Waals surface area contributed by atoms with Crippen LogP contribution in [0.15, 0.2) is 42.6 Å². The molecule has 0 fully saturated rings. The molecule has 3 rings (SSSR count). The van der Waals surface area contributed by atoms with Crippen LogP contribution < -0.4 is 10.1 Å². The summed E-state index contributed by atoms with van der Waals surface area (Å²) in [6.07, 6.45) is 2.60. The van der Waals surface area contributed by atoms with Gasteiger partial charge in [0.25, 0.3) is 5.91 Å². The number of carbonyl (C=O) groups is 1. The van der Waals surface area contributed by atoms with Gasteiger partial charge in [-0.25, -0.2) is 0 Å². The van der Waals surface area contributed by atoms with Crippen LogP contribution in [0.4, 0.5) is 0 Å². The van der Waals surface area contributed by atoms with Crippen molar-refractivity contribution in [3.8, 4) is 5.75 Å². The molecule has 0 aliphatic rings. The molecule has 0 bridgehead atoms. The SMILES string of the molecule is CCOc1cccc2[nH]cc(CCNC(=O)c3cc(CO)cc(CO)c3)c12. The van der Waals surface area contributed by atoms with E-state index >= 15 is 0 Å². The lowest BCUT2D eigenvalue weighted by Crippen LogP contribution is -2.26. The van der Waals surface area contributed by atoms with Crippen molar-refractivity contribution < 1.29 is 19.7 Å². The Labute approximate surface area is 157 Å². The van der Waals surface area contributed by atoms with Crippen molar-refractivity contribution in [2.75, 3.05) is 13.2 Å². The topological polar surface area (TPSA) is 94.6 Å². The predicted octanol–water partition coefficient (Wildman–Crippen LogP) is 2.52. The Morgan fingerprint density at radius 3 is 2.56 bits per heavy atom. The van der Waals surface area contributed by atoms with Gasteiger partial charge in [-0.3, -0.25) is 4.79 Å². The summed E-state index contributed by atoms with van der Waals surface area (Å²) in [5.41, 5.74) is 3.72. The van der Waals surface area contributed by atoms with Crippen LogP contribution >= 0.6 is 0 Å². The summed E-state index contributed by atoms with van der Waals surface area (Å²) in [5, 5.41) is 22.6. The number of hydrogen-bond acceptors (Lipinski definition) is 4. The number of H-pyrrole nitrogens is 1. The molecule has 0 spiro atoms. The summed E-state index contributed by atoms with van der Waals surface area (Å²) in [5.74, 6) is 0.602. The van der Waals surface area contributed by atoms with Crippen LogP contribution in [0.2, 0.25) is 0 Å². The number of aromatic nitrogens is 1. The molecule has 1 amide bonds. The molecule has 27 heavy (non-hydrogen) atoms. The molecule has 4 N–H and O–H groups in total. The number of carbonyl (C=O) groups excluding carboxylic acids is 1.